The Kier molecular flexibility index (Phi) is 4.48. The molecule has 2 aromatic heterocycles. The summed E-state index contributed by atoms with van der Waals surface area (Å²) < 4.78 is 0. The molecule has 0 saturated heterocycles. The zero-order valence-corrected chi connectivity index (χ0v) is 16.6. The van der Waals surface area contributed by atoms with Gasteiger partial charge in [0.05, 0.1) is 5.56 Å². The lowest BCUT2D eigenvalue weighted by Crippen LogP contribution is -2.22. The van der Waals surface area contributed by atoms with Gasteiger partial charge in [0.2, 0.25) is 0 Å². The lowest BCUT2D eigenvalue weighted by Gasteiger charge is -2.06. The van der Waals surface area contributed by atoms with Gasteiger partial charge in [-0.15, -0.1) is 0 Å². The Hall–Kier alpha value is -3.64. The average molecular weight is 417 g/mol. The zero-order chi connectivity index (χ0) is 20.7. The average Bonchev–Trinajstić information content (AvgIpc) is 3.37. The van der Waals surface area contributed by atoms with Gasteiger partial charge in [0.15, 0.2) is 0 Å². The molecule has 5 rings (SSSR count). The summed E-state index contributed by atoms with van der Waals surface area (Å²) >= 11 is 6.25. The van der Waals surface area contributed by atoms with E-state index >= 15 is 0 Å². The molecule has 7 heteroatoms. The van der Waals surface area contributed by atoms with Gasteiger partial charge in [-0.05, 0) is 42.0 Å². The van der Waals surface area contributed by atoms with E-state index < -0.39 is 0 Å². The van der Waals surface area contributed by atoms with Crippen LogP contribution in [0.1, 0.15) is 31.8 Å². The van der Waals surface area contributed by atoms with E-state index in [0.29, 0.717) is 29.2 Å². The third-order valence-corrected chi connectivity index (χ3v) is 5.61. The van der Waals surface area contributed by atoms with Crippen LogP contribution in [0.4, 0.5) is 0 Å². The van der Waals surface area contributed by atoms with Crippen LogP contribution in [0, 0.1) is 0 Å². The van der Waals surface area contributed by atoms with Crippen molar-refractivity contribution in [1.29, 1.82) is 0 Å². The molecule has 0 fully saturated rings. The fourth-order valence-corrected chi connectivity index (χ4v) is 3.97. The fraction of sp³-hybridized carbons (Fsp3) is 0.0870. The summed E-state index contributed by atoms with van der Waals surface area (Å²) in [4.78, 5) is 32.3. The van der Waals surface area contributed by atoms with Crippen LogP contribution in [0.15, 0.2) is 60.9 Å². The number of carbonyl (C=O) groups excluding carboxylic acids is 2. The molecule has 6 nitrogen and oxygen atoms in total. The maximum atomic E-state index is 12.6. The number of halogens is 1. The monoisotopic (exact) mass is 416 g/mol. The Balaban J connectivity index is 1.45. The molecule has 0 saturated carbocycles. The third-order valence-electron chi connectivity index (χ3n) is 5.26. The number of aromatic amines is 1. The van der Waals surface area contributed by atoms with Gasteiger partial charge in [0.1, 0.15) is 0 Å². The number of rotatable bonds is 4. The molecule has 30 heavy (non-hydrogen) atoms. The molecule has 0 atom stereocenters. The fourth-order valence-electron chi connectivity index (χ4n) is 3.74. The van der Waals surface area contributed by atoms with Gasteiger partial charge in [-0.2, -0.15) is 0 Å². The smallest absolute Gasteiger partial charge is 0.252 e. The van der Waals surface area contributed by atoms with E-state index in [4.69, 9.17) is 11.6 Å². The number of amides is 2. The van der Waals surface area contributed by atoms with Crippen molar-refractivity contribution in [3.8, 4) is 11.3 Å². The van der Waals surface area contributed by atoms with Gasteiger partial charge in [0, 0.05) is 63.8 Å². The van der Waals surface area contributed by atoms with Crippen molar-refractivity contribution in [2.45, 2.75) is 13.1 Å². The maximum Gasteiger partial charge on any atom is 0.252 e. The first kappa shape index (κ1) is 18.4. The second kappa shape index (κ2) is 7.31. The van der Waals surface area contributed by atoms with E-state index in [9.17, 15) is 9.59 Å². The summed E-state index contributed by atoms with van der Waals surface area (Å²) in [6.07, 6.45) is 3.42. The van der Waals surface area contributed by atoms with Crippen LogP contribution in [-0.4, -0.2) is 21.8 Å². The first-order valence-electron chi connectivity index (χ1n) is 9.50. The highest BCUT2D eigenvalue weighted by Crippen LogP contribution is 2.34. The number of nitrogens with zero attached hydrogens (tertiary/aromatic N) is 1. The lowest BCUT2D eigenvalue weighted by atomic mass is 10.0. The quantitative estimate of drug-likeness (QED) is 0.469. The Morgan fingerprint density at radius 1 is 1.17 bits per heavy atom. The van der Waals surface area contributed by atoms with Crippen molar-refractivity contribution in [3.05, 3.63) is 88.2 Å². The summed E-state index contributed by atoms with van der Waals surface area (Å²) in [5, 5.41) is 7.20. The number of aromatic nitrogens is 2. The molecule has 0 bridgehead atoms. The largest absolute Gasteiger partial charge is 0.355 e. The summed E-state index contributed by atoms with van der Waals surface area (Å²) in [7, 11) is 0. The summed E-state index contributed by atoms with van der Waals surface area (Å²) in [5.41, 5.74) is 5.40. The molecule has 2 amide bonds. The Labute approximate surface area is 177 Å². The number of carbonyl (C=O) groups is 2. The molecule has 0 spiro atoms. The van der Waals surface area contributed by atoms with Crippen LogP contribution < -0.4 is 10.6 Å². The molecule has 3 N–H and O–H groups in total. The summed E-state index contributed by atoms with van der Waals surface area (Å²) in [6.45, 7) is 0.845. The Bertz CT molecular complexity index is 1300. The van der Waals surface area contributed by atoms with Crippen LogP contribution in [0.5, 0.6) is 0 Å². The number of fused-ring (bicyclic) bond motifs is 2. The van der Waals surface area contributed by atoms with Gasteiger partial charge in [-0.3, -0.25) is 14.6 Å². The van der Waals surface area contributed by atoms with Gasteiger partial charge in [-0.25, -0.2) is 0 Å². The summed E-state index contributed by atoms with van der Waals surface area (Å²) in [6, 6.07) is 14.8. The summed E-state index contributed by atoms with van der Waals surface area (Å²) in [5.74, 6) is -0.285. The molecule has 1 aliphatic rings. The molecule has 0 radical (unpaired) electrons. The van der Waals surface area contributed by atoms with Crippen molar-refractivity contribution in [3.63, 3.8) is 0 Å². The second-order valence-electron chi connectivity index (χ2n) is 7.16. The first-order chi connectivity index (χ1) is 14.6. The van der Waals surface area contributed by atoms with Gasteiger partial charge >= 0.3 is 0 Å². The van der Waals surface area contributed by atoms with Crippen molar-refractivity contribution < 1.29 is 9.59 Å². The zero-order valence-electron chi connectivity index (χ0n) is 15.8. The minimum absolute atomic E-state index is 0.128. The van der Waals surface area contributed by atoms with Crippen molar-refractivity contribution in [2.75, 3.05) is 0 Å². The number of hydrogen-bond donors (Lipinski definition) is 3. The number of nitrogens with one attached hydrogen (secondary N) is 3. The lowest BCUT2D eigenvalue weighted by molar-refractivity contribution is 0.0947. The van der Waals surface area contributed by atoms with E-state index in [1.807, 2.05) is 36.4 Å². The number of benzene rings is 2. The van der Waals surface area contributed by atoms with E-state index in [0.717, 1.165) is 33.3 Å². The minimum Gasteiger partial charge on any atom is -0.355 e. The van der Waals surface area contributed by atoms with Crippen molar-refractivity contribution in [2.24, 2.45) is 0 Å². The van der Waals surface area contributed by atoms with Gasteiger partial charge in [-0.1, -0.05) is 23.7 Å². The molecule has 0 unspecified atom stereocenters. The molecular weight excluding hydrogens is 400 g/mol. The topological polar surface area (TPSA) is 86.9 Å². The van der Waals surface area contributed by atoms with Crippen LogP contribution in [0.25, 0.3) is 22.2 Å². The van der Waals surface area contributed by atoms with Crippen LogP contribution in [0.2, 0.25) is 5.02 Å². The predicted octanol–water partition coefficient (Wildman–Crippen LogP) is 4.06. The van der Waals surface area contributed by atoms with Crippen LogP contribution >= 0.6 is 11.6 Å². The Morgan fingerprint density at radius 3 is 2.90 bits per heavy atom. The molecule has 1 aliphatic heterocycles. The molecule has 3 heterocycles. The minimum atomic E-state index is -0.157. The molecule has 2 aromatic carbocycles. The highest BCUT2D eigenvalue weighted by atomic mass is 35.5. The van der Waals surface area contributed by atoms with E-state index in [1.54, 1.807) is 24.5 Å². The standard InChI is InChI=1S/C23H17ClN4O2/c24-18-5-4-16(21-17(18)12-27-23(21)30)20-9-15-8-14(3-6-19(15)28-20)22(29)26-11-13-2-1-7-25-10-13/h1-10,28H,11-12H2,(H,26,29)(H,27,30). The van der Waals surface area contributed by atoms with E-state index in [2.05, 4.69) is 20.6 Å². The van der Waals surface area contributed by atoms with Crippen LogP contribution in [-0.2, 0) is 13.1 Å². The van der Waals surface area contributed by atoms with Gasteiger partial charge in [0.25, 0.3) is 11.8 Å². The number of pyridine rings is 1. The molecule has 0 aliphatic carbocycles. The number of H-pyrrole nitrogens is 1. The van der Waals surface area contributed by atoms with E-state index in [1.165, 1.54) is 0 Å². The first-order valence-corrected chi connectivity index (χ1v) is 9.88. The number of hydrogen-bond acceptors (Lipinski definition) is 3. The third kappa shape index (κ3) is 3.21. The Morgan fingerprint density at radius 2 is 2.07 bits per heavy atom. The van der Waals surface area contributed by atoms with E-state index in [-0.39, 0.29) is 11.8 Å². The highest BCUT2D eigenvalue weighted by molar-refractivity contribution is 6.32. The van der Waals surface area contributed by atoms with Crippen molar-refractivity contribution in [1.82, 2.24) is 20.6 Å². The van der Waals surface area contributed by atoms with Crippen LogP contribution in [0.3, 0.4) is 0 Å². The normalized spacial score (nSPS) is 12.6. The van der Waals surface area contributed by atoms with Gasteiger partial charge < -0.3 is 15.6 Å². The highest BCUT2D eigenvalue weighted by Gasteiger charge is 2.26. The molecule has 4 aromatic rings. The second-order valence-corrected chi connectivity index (χ2v) is 7.57. The molecule has 148 valence electrons. The predicted molar refractivity (Wildman–Crippen MR) is 115 cm³/mol. The SMILES string of the molecule is O=C(NCc1cccnc1)c1ccc2[nH]c(-c3ccc(Cl)c4c3C(=O)NC4)cc2c1. The van der Waals surface area contributed by atoms with Crippen molar-refractivity contribution >= 4 is 34.3 Å². The molecular formula is C23H17ClN4O2. The maximum absolute atomic E-state index is 12.6.